The van der Waals surface area contributed by atoms with Crippen molar-refractivity contribution >= 4 is 55.1 Å². The van der Waals surface area contributed by atoms with Crippen molar-refractivity contribution in [2.75, 3.05) is 7.11 Å². The molecule has 1 nitrogen and oxygen atoms in total. The van der Waals surface area contributed by atoms with Gasteiger partial charge in [0.15, 0.2) is 0 Å². The number of hydrogen-bond acceptors (Lipinski definition) is 1. The molecule has 0 radical (unpaired) electrons. The smallest absolute Gasteiger partial charge is 0.137 e. The molecule has 0 aromatic heterocycles. The van der Waals surface area contributed by atoms with E-state index in [0.29, 0.717) is 5.02 Å². The molecule has 0 amide bonds. The van der Waals surface area contributed by atoms with Gasteiger partial charge in [0.2, 0.25) is 0 Å². The fraction of sp³-hybridized carbons (Fsp3) is 0.200. The third kappa shape index (κ3) is 3.16. The highest BCUT2D eigenvalue weighted by Gasteiger charge is 2.21. The first kappa shape index (κ1) is 16.2. The maximum absolute atomic E-state index is 6.40. The average molecular weight is 439 g/mol. The zero-order valence-corrected chi connectivity index (χ0v) is 15.6. The van der Waals surface area contributed by atoms with Gasteiger partial charge in [-0.3, -0.25) is 0 Å². The van der Waals surface area contributed by atoms with Crippen LogP contribution in [-0.4, -0.2) is 7.11 Å². The highest BCUT2D eigenvalue weighted by molar-refractivity contribution is 9.10. The highest BCUT2D eigenvalue weighted by Crippen LogP contribution is 2.44. The Labute approximate surface area is 145 Å². The Hall–Kier alpha value is -0.220. The summed E-state index contributed by atoms with van der Waals surface area (Å²) in [6.45, 7) is 1.98. The fourth-order valence-corrected chi connectivity index (χ4v) is 4.10. The van der Waals surface area contributed by atoms with Gasteiger partial charge < -0.3 is 4.74 Å². The molecule has 20 heavy (non-hydrogen) atoms. The van der Waals surface area contributed by atoms with Gasteiger partial charge in [-0.05, 0) is 46.1 Å². The Bertz CT molecular complexity index is 644. The van der Waals surface area contributed by atoms with Crippen LogP contribution in [0.2, 0.25) is 10.0 Å². The Kier molecular flexibility index (Phi) is 5.41. The van der Waals surface area contributed by atoms with Crippen molar-refractivity contribution in [1.29, 1.82) is 0 Å². The van der Waals surface area contributed by atoms with Gasteiger partial charge in [0.1, 0.15) is 5.75 Å². The molecular weight excluding hydrogens is 427 g/mol. The van der Waals surface area contributed by atoms with Crippen LogP contribution in [0.1, 0.15) is 21.5 Å². The number of ether oxygens (including phenoxy) is 1. The molecule has 0 saturated carbocycles. The van der Waals surface area contributed by atoms with Crippen LogP contribution in [0.4, 0.5) is 0 Å². The molecule has 2 aromatic carbocycles. The summed E-state index contributed by atoms with van der Waals surface area (Å²) < 4.78 is 6.28. The van der Waals surface area contributed by atoms with E-state index >= 15 is 0 Å². The Morgan fingerprint density at radius 3 is 2.50 bits per heavy atom. The van der Waals surface area contributed by atoms with E-state index in [1.807, 2.05) is 37.3 Å². The fourth-order valence-electron chi connectivity index (χ4n) is 2.02. The average Bonchev–Trinajstić information content (AvgIpc) is 2.40. The molecule has 106 valence electrons. The standard InChI is InChI=1S/C15H12Br2Cl2O/c1-8-4-3-5-10(14(8)19)13(17)11-6-9(18)7-12(16)15(11)20-2/h3-7,13H,1-2H3. The molecule has 0 aliphatic rings. The summed E-state index contributed by atoms with van der Waals surface area (Å²) in [6, 6.07) is 9.64. The van der Waals surface area contributed by atoms with Crippen molar-refractivity contribution in [3.05, 3.63) is 61.5 Å². The highest BCUT2D eigenvalue weighted by atomic mass is 79.9. The number of halogens is 4. The molecule has 5 heteroatoms. The first-order valence-electron chi connectivity index (χ1n) is 5.87. The quantitative estimate of drug-likeness (QED) is 0.493. The predicted octanol–water partition coefficient (Wildman–Crippen LogP) is 6.56. The minimum absolute atomic E-state index is 0.0974. The second-order valence-electron chi connectivity index (χ2n) is 4.35. The van der Waals surface area contributed by atoms with E-state index in [9.17, 15) is 0 Å². The normalized spacial score (nSPS) is 12.3. The van der Waals surface area contributed by atoms with Gasteiger partial charge in [0.25, 0.3) is 0 Å². The second-order valence-corrected chi connectivity index (χ2v) is 6.94. The topological polar surface area (TPSA) is 9.23 Å². The van der Waals surface area contributed by atoms with Gasteiger partial charge >= 0.3 is 0 Å². The van der Waals surface area contributed by atoms with Crippen LogP contribution < -0.4 is 4.74 Å². The molecule has 1 unspecified atom stereocenters. The molecule has 0 bridgehead atoms. The van der Waals surface area contributed by atoms with Crippen LogP contribution in [-0.2, 0) is 0 Å². The number of hydrogen-bond donors (Lipinski definition) is 0. The summed E-state index contributed by atoms with van der Waals surface area (Å²) in [5.41, 5.74) is 2.95. The molecule has 0 aliphatic carbocycles. The lowest BCUT2D eigenvalue weighted by Crippen LogP contribution is -1.99. The maximum Gasteiger partial charge on any atom is 0.137 e. The number of benzene rings is 2. The van der Waals surface area contributed by atoms with Crippen molar-refractivity contribution in [2.24, 2.45) is 0 Å². The van der Waals surface area contributed by atoms with Gasteiger partial charge in [0.05, 0.1) is 16.4 Å². The molecule has 0 heterocycles. The third-order valence-corrected chi connectivity index (χ3v) is 5.32. The van der Waals surface area contributed by atoms with Crippen LogP contribution in [0.15, 0.2) is 34.8 Å². The van der Waals surface area contributed by atoms with E-state index < -0.39 is 0 Å². The van der Waals surface area contributed by atoms with Gasteiger partial charge in [-0.1, -0.05) is 57.3 Å². The van der Waals surface area contributed by atoms with Crippen molar-refractivity contribution in [2.45, 2.75) is 11.8 Å². The number of methoxy groups -OCH3 is 1. The van der Waals surface area contributed by atoms with Gasteiger partial charge in [0, 0.05) is 15.6 Å². The van der Waals surface area contributed by atoms with E-state index in [1.165, 1.54) is 0 Å². The minimum atomic E-state index is -0.0974. The summed E-state index contributed by atoms with van der Waals surface area (Å²) in [7, 11) is 1.63. The summed E-state index contributed by atoms with van der Waals surface area (Å²) in [6.07, 6.45) is 0. The van der Waals surface area contributed by atoms with Crippen LogP contribution in [0.5, 0.6) is 5.75 Å². The van der Waals surface area contributed by atoms with E-state index in [2.05, 4.69) is 31.9 Å². The molecule has 2 rings (SSSR count). The summed E-state index contributed by atoms with van der Waals surface area (Å²) in [4.78, 5) is -0.0974. The number of rotatable bonds is 3. The molecule has 0 fully saturated rings. The van der Waals surface area contributed by atoms with E-state index in [4.69, 9.17) is 27.9 Å². The zero-order chi connectivity index (χ0) is 14.9. The molecule has 2 aromatic rings. The van der Waals surface area contributed by atoms with E-state index in [0.717, 1.165) is 31.9 Å². The molecule has 1 atom stereocenters. The van der Waals surface area contributed by atoms with Gasteiger partial charge in [-0.15, -0.1) is 0 Å². The molecule has 0 saturated heterocycles. The minimum Gasteiger partial charge on any atom is -0.495 e. The first-order chi connectivity index (χ1) is 9.45. The van der Waals surface area contributed by atoms with Crippen molar-refractivity contribution in [3.63, 3.8) is 0 Å². The maximum atomic E-state index is 6.40. The third-order valence-electron chi connectivity index (χ3n) is 3.01. The lowest BCUT2D eigenvalue weighted by molar-refractivity contribution is 0.408. The predicted molar refractivity (Wildman–Crippen MR) is 92.7 cm³/mol. The Balaban J connectivity index is 2.58. The van der Waals surface area contributed by atoms with Gasteiger partial charge in [-0.25, -0.2) is 0 Å². The SMILES string of the molecule is COc1c(Br)cc(Cl)cc1C(Br)c1cccc(C)c1Cl. The summed E-state index contributed by atoms with van der Waals surface area (Å²) in [5.74, 6) is 0.744. The molecule has 0 N–H and O–H groups in total. The van der Waals surface area contributed by atoms with Crippen LogP contribution in [0.25, 0.3) is 0 Å². The lowest BCUT2D eigenvalue weighted by atomic mass is 10.0. The molecular formula is C15H12Br2Cl2O. The van der Waals surface area contributed by atoms with Crippen LogP contribution in [0, 0.1) is 6.92 Å². The largest absolute Gasteiger partial charge is 0.495 e. The van der Waals surface area contributed by atoms with E-state index in [-0.39, 0.29) is 4.83 Å². The van der Waals surface area contributed by atoms with E-state index in [1.54, 1.807) is 7.11 Å². The summed E-state index contributed by atoms with van der Waals surface area (Å²) in [5, 5.41) is 1.38. The lowest BCUT2D eigenvalue weighted by Gasteiger charge is -2.18. The van der Waals surface area contributed by atoms with Crippen LogP contribution >= 0.6 is 55.1 Å². The summed E-state index contributed by atoms with van der Waals surface area (Å²) >= 11 is 19.7. The molecule has 0 aliphatic heterocycles. The zero-order valence-electron chi connectivity index (χ0n) is 10.9. The number of aryl methyl sites for hydroxylation is 1. The second kappa shape index (κ2) is 6.69. The number of alkyl halides is 1. The van der Waals surface area contributed by atoms with Crippen LogP contribution in [0.3, 0.4) is 0 Å². The monoisotopic (exact) mass is 436 g/mol. The Morgan fingerprint density at radius 1 is 1.15 bits per heavy atom. The van der Waals surface area contributed by atoms with Gasteiger partial charge in [-0.2, -0.15) is 0 Å². The van der Waals surface area contributed by atoms with Crippen molar-refractivity contribution < 1.29 is 4.74 Å². The van der Waals surface area contributed by atoms with Crippen molar-refractivity contribution in [1.82, 2.24) is 0 Å². The molecule has 0 spiro atoms. The first-order valence-corrected chi connectivity index (χ1v) is 8.34. The Morgan fingerprint density at radius 2 is 1.85 bits per heavy atom. The van der Waals surface area contributed by atoms with Crippen molar-refractivity contribution in [3.8, 4) is 5.75 Å².